The number of amides is 1. The molecule has 0 bridgehead atoms. The van der Waals surface area contributed by atoms with Gasteiger partial charge in [-0.25, -0.2) is 4.79 Å². The lowest BCUT2D eigenvalue weighted by atomic mass is 10.1. The number of rotatable bonds is 6. The number of aromatic nitrogens is 1. The molecule has 2 N–H and O–H groups in total. The number of hydrogen-bond acceptors (Lipinski definition) is 5. The average Bonchev–Trinajstić information content (AvgIpc) is 3.12. The lowest BCUT2D eigenvalue weighted by Gasteiger charge is -2.11. The summed E-state index contributed by atoms with van der Waals surface area (Å²) < 4.78 is 10.7. The van der Waals surface area contributed by atoms with Gasteiger partial charge in [0.05, 0.1) is 24.3 Å². The first-order valence-electron chi connectivity index (χ1n) is 9.77. The molecule has 0 fully saturated rings. The van der Waals surface area contributed by atoms with E-state index in [4.69, 9.17) is 14.7 Å². The fourth-order valence-electron chi connectivity index (χ4n) is 3.29. The predicted octanol–water partition coefficient (Wildman–Crippen LogP) is 4.90. The van der Waals surface area contributed by atoms with E-state index in [-0.39, 0.29) is 5.91 Å². The maximum absolute atomic E-state index is 12.9. The van der Waals surface area contributed by atoms with Gasteiger partial charge in [-0.2, -0.15) is 5.26 Å². The van der Waals surface area contributed by atoms with Crippen LogP contribution in [0.1, 0.15) is 50.2 Å². The molecule has 0 radical (unpaired) electrons. The minimum Gasteiger partial charge on any atom is -0.465 e. The fourth-order valence-corrected chi connectivity index (χ4v) is 3.29. The van der Waals surface area contributed by atoms with Crippen molar-refractivity contribution in [1.82, 2.24) is 4.98 Å². The molecule has 0 spiro atoms. The highest BCUT2D eigenvalue weighted by Crippen LogP contribution is 2.27. The molecule has 0 aliphatic carbocycles. The van der Waals surface area contributed by atoms with E-state index in [9.17, 15) is 9.59 Å². The molecule has 0 saturated heterocycles. The van der Waals surface area contributed by atoms with Crippen LogP contribution in [0.4, 0.5) is 5.69 Å². The molecule has 0 aliphatic rings. The van der Waals surface area contributed by atoms with Crippen molar-refractivity contribution in [3.8, 4) is 17.6 Å². The SMILES string of the molecule is CCc1[nH]c(C(=O)Nc2ccc(Oc3ccc(C#N)cc3)cc2C)c(C)c1C(=O)OC. The van der Waals surface area contributed by atoms with Gasteiger partial charge >= 0.3 is 5.97 Å². The van der Waals surface area contributed by atoms with E-state index in [1.165, 1.54) is 7.11 Å². The number of esters is 1. The van der Waals surface area contributed by atoms with Gasteiger partial charge in [-0.1, -0.05) is 6.92 Å². The number of benzene rings is 2. The second-order valence-corrected chi connectivity index (χ2v) is 6.99. The molecule has 0 unspecified atom stereocenters. The smallest absolute Gasteiger partial charge is 0.339 e. The summed E-state index contributed by atoms with van der Waals surface area (Å²) in [6, 6.07) is 14.2. The van der Waals surface area contributed by atoms with E-state index in [1.54, 1.807) is 43.3 Å². The van der Waals surface area contributed by atoms with E-state index < -0.39 is 5.97 Å². The van der Waals surface area contributed by atoms with Crippen LogP contribution >= 0.6 is 0 Å². The Balaban J connectivity index is 1.78. The van der Waals surface area contributed by atoms with Crippen LogP contribution < -0.4 is 10.1 Å². The van der Waals surface area contributed by atoms with Gasteiger partial charge in [-0.3, -0.25) is 4.79 Å². The molecule has 7 heteroatoms. The van der Waals surface area contributed by atoms with Crippen molar-refractivity contribution in [1.29, 1.82) is 5.26 Å². The summed E-state index contributed by atoms with van der Waals surface area (Å²) >= 11 is 0. The highest BCUT2D eigenvalue weighted by molar-refractivity contribution is 6.07. The van der Waals surface area contributed by atoms with E-state index in [0.717, 1.165) is 5.56 Å². The van der Waals surface area contributed by atoms with Crippen LogP contribution in [-0.4, -0.2) is 24.0 Å². The summed E-state index contributed by atoms with van der Waals surface area (Å²) in [6.07, 6.45) is 0.568. The quantitative estimate of drug-likeness (QED) is 0.555. The maximum atomic E-state index is 12.9. The second kappa shape index (κ2) is 9.18. The zero-order valence-corrected chi connectivity index (χ0v) is 17.8. The van der Waals surface area contributed by atoms with Crippen molar-refractivity contribution in [2.24, 2.45) is 0 Å². The third-order valence-electron chi connectivity index (χ3n) is 4.96. The number of anilines is 1. The molecule has 1 amide bonds. The number of ether oxygens (including phenoxy) is 2. The van der Waals surface area contributed by atoms with E-state index >= 15 is 0 Å². The van der Waals surface area contributed by atoms with Crippen LogP contribution in [0.3, 0.4) is 0 Å². The van der Waals surface area contributed by atoms with Gasteiger partial charge in [0.1, 0.15) is 17.2 Å². The first-order valence-corrected chi connectivity index (χ1v) is 9.77. The van der Waals surface area contributed by atoms with Crippen LogP contribution in [0, 0.1) is 25.2 Å². The standard InChI is InChI=1S/C24H23N3O4/c1-5-19-21(24(29)30-4)15(3)22(26-19)23(28)27-20-11-10-18(12-14(20)2)31-17-8-6-16(13-25)7-9-17/h6-12,26H,5H2,1-4H3,(H,27,28). The Morgan fingerprint density at radius 1 is 1.10 bits per heavy atom. The summed E-state index contributed by atoms with van der Waals surface area (Å²) in [4.78, 5) is 28.0. The zero-order chi connectivity index (χ0) is 22.5. The topological polar surface area (TPSA) is 104 Å². The molecule has 31 heavy (non-hydrogen) atoms. The second-order valence-electron chi connectivity index (χ2n) is 6.99. The maximum Gasteiger partial charge on any atom is 0.339 e. The molecule has 0 saturated carbocycles. The first kappa shape index (κ1) is 21.7. The van der Waals surface area contributed by atoms with Crippen molar-refractivity contribution in [3.05, 3.63) is 76.1 Å². The van der Waals surface area contributed by atoms with Gasteiger partial charge < -0.3 is 19.8 Å². The normalized spacial score (nSPS) is 10.3. The largest absolute Gasteiger partial charge is 0.465 e. The Morgan fingerprint density at radius 2 is 1.77 bits per heavy atom. The van der Waals surface area contributed by atoms with Gasteiger partial charge in [-0.05, 0) is 73.9 Å². The van der Waals surface area contributed by atoms with Crippen molar-refractivity contribution in [3.63, 3.8) is 0 Å². The average molecular weight is 417 g/mol. The number of aromatic amines is 1. The summed E-state index contributed by atoms with van der Waals surface area (Å²) in [5.41, 5.74) is 3.95. The summed E-state index contributed by atoms with van der Waals surface area (Å²) in [7, 11) is 1.32. The molecule has 3 aromatic rings. The number of hydrogen-bond donors (Lipinski definition) is 2. The minimum absolute atomic E-state index is 0.328. The third kappa shape index (κ3) is 4.59. The minimum atomic E-state index is -0.467. The Hall–Kier alpha value is -4.05. The van der Waals surface area contributed by atoms with Gasteiger partial charge in [-0.15, -0.1) is 0 Å². The number of nitriles is 1. The van der Waals surface area contributed by atoms with Crippen LogP contribution in [-0.2, 0) is 11.2 Å². The Kier molecular flexibility index (Phi) is 6.41. The molecule has 0 aliphatic heterocycles. The Bertz CT molecular complexity index is 1170. The number of carbonyl (C=O) groups is 2. The molecular weight excluding hydrogens is 394 g/mol. The molecule has 158 valence electrons. The first-order chi connectivity index (χ1) is 14.9. The number of nitrogens with one attached hydrogen (secondary N) is 2. The van der Waals surface area contributed by atoms with Gasteiger partial charge in [0.2, 0.25) is 0 Å². The monoisotopic (exact) mass is 417 g/mol. The van der Waals surface area contributed by atoms with Crippen molar-refractivity contribution < 1.29 is 19.1 Å². The summed E-state index contributed by atoms with van der Waals surface area (Å²) in [5, 5.41) is 11.8. The molecule has 0 atom stereocenters. The Morgan fingerprint density at radius 3 is 2.35 bits per heavy atom. The van der Waals surface area contributed by atoms with Gasteiger partial charge in [0.25, 0.3) is 5.91 Å². The van der Waals surface area contributed by atoms with Crippen LogP contribution in [0.15, 0.2) is 42.5 Å². The van der Waals surface area contributed by atoms with Crippen molar-refractivity contribution >= 4 is 17.6 Å². The summed E-state index contributed by atoms with van der Waals surface area (Å²) in [5.74, 6) is 0.411. The van der Waals surface area contributed by atoms with E-state index in [0.29, 0.717) is 51.7 Å². The number of aryl methyl sites for hydroxylation is 2. The predicted molar refractivity (Wildman–Crippen MR) is 117 cm³/mol. The molecule has 1 aromatic heterocycles. The van der Waals surface area contributed by atoms with Gasteiger partial charge in [0.15, 0.2) is 0 Å². The molecule has 2 aromatic carbocycles. The number of H-pyrrole nitrogens is 1. The highest BCUT2D eigenvalue weighted by Gasteiger charge is 2.24. The van der Waals surface area contributed by atoms with Crippen molar-refractivity contribution in [2.75, 3.05) is 12.4 Å². The number of nitrogens with zero attached hydrogens (tertiary/aromatic N) is 1. The molecule has 3 rings (SSSR count). The number of methoxy groups -OCH3 is 1. The lowest BCUT2D eigenvalue weighted by molar-refractivity contribution is 0.0599. The highest BCUT2D eigenvalue weighted by atomic mass is 16.5. The lowest BCUT2D eigenvalue weighted by Crippen LogP contribution is -2.15. The molecule has 7 nitrogen and oxygen atoms in total. The fraction of sp³-hybridized carbons (Fsp3) is 0.208. The van der Waals surface area contributed by atoms with Gasteiger partial charge in [0, 0.05) is 11.4 Å². The molecular formula is C24H23N3O4. The Labute approximate surface area is 180 Å². The van der Waals surface area contributed by atoms with Crippen LogP contribution in [0.2, 0.25) is 0 Å². The van der Waals surface area contributed by atoms with E-state index in [2.05, 4.69) is 16.4 Å². The van der Waals surface area contributed by atoms with Crippen molar-refractivity contribution in [2.45, 2.75) is 27.2 Å². The molecule has 1 heterocycles. The van der Waals surface area contributed by atoms with Crippen LogP contribution in [0.5, 0.6) is 11.5 Å². The van der Waals surface area contributed by atoms with Crippen LogP contribution in [0.25, 0.3) is 0 Å². The summed E-state index contributed by atoms with van der Waals surface area (Å²) in [6.45, 7) is 5.48. The number of carbonyl (C=O) groups excluding carboxylic acids is 2. The third-order valence-corrected chi connectivity index (χ3v) is 4.96. The zero-order valence-electron chi connectivity index (χ0n) is 17.8. The van der Waals surface area contributed by atoms with E-state index in [1.807, 2.05) is 19.9 Å².